The Morgan fingerprint density at radius 3 is 2.60 bits per heavy atom. The maximum Gasteiger partial charge on any atom is 0.191 e. The Bertz CT molecular complexity index is 730. The minimum Gasteiger partial charge on any atom is -0.375 e. The van der Waals surface area contributed by atoms with Crippen molar-refractivity contribution in [3.05, 3.63) is 42.5 Å². The van der Waals surface area contributed by atoms with Crippen LogP contribution in [0, 0.1) is 5.92 Å². The summed E-state index contributed by atoms with van der Waals surface area (Å²) in [5.41, 5.74) is 1.24. The summed E-state index contributed by atoms with van der Waals surface area (Å²) in [4.78, 5) is 7.07. The van der Waals surface area contributed by atoms with E-state index in [1.807, 2.05) is 6.07 Å². The lowest BCUT2D eigenvalue weighted by Gasteiger charge is -2.22. The van der Waals surface area contributed by atoms with Crippen molar-refractivity contribution in [3.8, 4) is 0 Å². The van der Waals surface area contributed by atoms with Gasteiger partial charge in [0.05, 0.1) is 0 Å². The molecule has 0 radical (unpaired) electrons. The number of aromatic nitrogens is 3. The van der Waals surface area contributed by atoms with Crippen molar-refractivity contribution in [1.29, 1.82) is 0 Å². The first-order chi connectivity index (χ1) is 14.0. The molecular formula is C22H38IN7. The number of nitrogens with one attached hydrogen (secondary N) is 2. The average Bonchev–Trinajstić information content (AvgIpc) is 3.18. The topological polar surface area (TPSA) is 70.4 Å². The molecule has 1 heterocycles. The van der Waals surface area contributed by atoms with Crippen LogP contribution in [0.15, 0.2) is 41.7 Å². The van der Waals surface area contributed by atoms with E-state index in [1.165, 1.54) is 5.69 Å². The monoisotopic (exact) mass is 527 g/mol. The first-order valence-corrected chi connectivity index (χ1v) is 10.7. The van der Waals surface area contributed by atoms with E-state index in [0.29, 0.717) is 12.0 Å². The zero-order valence-electron chi connectivity index (χ0n) is 19.0. The van der Waals surface area contributed by atoms with Crippen molar-refractivity contribution >= 4 is 35.6 Å². The predicted octanol–water partition coefficient (Wildman–Crippen LogP) is 3.56. The van der Waals surface area contributed by atoms with Crippen molar-refractivity contribution in [2.24, 2.45) is 10.9 Å². The molecule has 2 rings (SSSR count). The van der Waals surface area contributed by atoms with E-state index in [-0.39, 0.29) is 24.0 Å². The number of guanidine groups is 1. The van der Waals surface area contributed by atoms with Crippen LogP contribution in [0.5, 0.6) is 0 Å². The molecule has 0 amide bonds. The molecule has 0 aliphatic heterocycles. The molecule has 8 heteroatoms. The molecule has 0 aliphatic rings. The van der Waals surface area contributed by atoms with Gasteiger partial charge in [0.2, 0.25) is 0 Å². The summed E-state index contributed by atoms with van der Waals surface area (Å²) in [6, 6.07) is 10.8. The summed E-state index contributed by atoms with van der Waals surface area (Å²) in [7, 11) is 2.13. The highest BCUT2D eigenvalue weighted by atomic mass is 127. The summed E-state index contributed by atoms with van der Waals surface area (Å²) in [6.07, 6.45) is 3.68. The van der Waals surface area contributed by atoms with Crippen molar-refractivity contribution in [2.45, 2.75) is 53.1 Å². The smallest absolute Gasteiger partial charge is 0.191 e. The number of nitrogens with zero attached hydrogens (tertiary/aromatic N) is 5. The Hall–Kier alpha value is -1.84. The van der Waals surface area contributed by atoms with E-state index in [9.17, 15) is 0 Å². The summed E-state index contributed by atoms with van der Waals surface area (Å²) in [6.45, 7) is 12.1. The van der Waals surface area contributed by atoms with Crippen molar-refractivity contribution in [2.75, 3.05) is 31.6 Å². The first-order valence-electron chi connectivity index (χ1n) is 10.7. The first kappa shape index (κ1) is 26.2. The molecule has 2 N–H and O–H groups in total. The Balaban J connectivity index is 0.00000450. The van der Waals surface area contributed by atoms with Crippen LogP contribution in [0.4, 0.5) is 5.69 Å². The third kappa shape index (κ3) is 8.89. The van der Waals surface area contributed by atoms with Gasteiger partial charge in [0.15, 0.2) is 5.96 Å². The number of para-hydroxylation sites is 1. The number of halogens is 1. The Kier molecular flexibility index (Phi) is 12.4. The van der Waals surface area contributed by atoms with Crippen LogP contribution >= 0.6 is 24.0 Å². The number of aliphatic imine (C=N–C) groups is 1. The van der Waals surface area contributed by atoms with Gasteiger partial charge < -0.3 is 20.1 Å². The van der Waals surface area contributed by atoms with Gasteiger partial charge in [0.25, 0.3) is 0 Å². The molecule has 7 nitrogen and oxygen atoms in total. The number of rotatable bonds is 11. The van der Waals surface area contributed by atoms with E-state index < -0.39 is 0 Å². The third-order valence-electron chi connectivity index (χ3n) is 5.14. The molecule has 1 aromatic heterocycles. The average molecular weight is 527 g/mol. The minimum atomic E-state index is 0. The van der Waals surface area contributed by atoms with Crippen LogP contribution in [0.2, 0.25) is 0 Å². The fourth-order valence-electron chi connectivity index (χ4n) is 2.88. The molecule has 0 aliphatic carbocycles. The Labute approximate surface area is 198 Å². The Morgan fingerprint density at radius 2 is 1.93 bits per heavy atom. The van der Waals surface area contributed by atoms with Crippen molar-refractivity contribution < 1.29 is 0 Å². The number of hydrogen-bond donors (Lipinski definition) is 2. The van der Waals surface area contributed by atoms with E-state index in [2.05, 4.69) is 89.3 Å². The molecule has 0 bridgehead atoms. The molecule has 2 aromatic rings. The SMILES string of the molecule is CCc1nncn1CCNC(=NCCCN(C)c1ccccc1)NC(C)C(C)C.I. The van der Waals surface area contributed by atoms with E-state index in [4.69, 9.17) is 4.99 Å². The largest absolute Gasteiger partial charge is 0.375 e. The summed E-state index contributed by atoms with van der Waals surface area (Å²) in [5.74, 6) is 2.42. The fourth-order valence-corrected chi connectivity index (χ4v) is 2.88. The number of hydrogen-bond acceptors (Lipinski definition) is 4. The van der Waals surface area contributed by atoms with Gasteiger partial charge in [-0.2, -0.15) is 0 Å². The van der Waals surface area contributed by atoms with Gasteiger partial charge >= 0.3 is 0 Å². The molecule has 0 spiro atoms. The molecule has 0 saturated heterocycles. The lowest BCUT2D eigenvalue weighted by atomic mass is 10.1. The number of aryl methyl sites for hydroxylation is 1. The maximum atomic E-state index is 4.80. The van der Waals surface area contributed by atoms with Crippen LogP contribution < -0.4 is 15.5 Å². The van der Waals surface area contributed by atoms with Gasteiger partial charge in [-0.15, -0.1) is 34.2 Å². The van der Waals surface area contributed by atoms with Gasteiger partial charge in [-0.1, -0.05) is 39.0 Å². The summed E-state index contributed by atoms with van der Waals surface area (Å²) < 4.78 is 2.09. The molecule has 0 fully saturated rings. The Morgan fingerprint density at radius 1 is 1.20 bits per heavy atom. The molecule has 0 saturated carbocycles. The number of benzene rings is 1. The molecule has 1 aromatic carbocycles. The van der Waals surface area contributed by atoms with E-state index in [0.717, 1.165) is 50.8 Å². The quantitative estimate of drug-likeness (QED) is 0.203. The van der Waals surface area contributed by atoms with E-state index >= 15 is 0 Å². The lowest BCUT2D eigenvalue weighted by Crippen LogP contribution is -2.45. The van der Waals surface area contributed by atoms with Gasteiger partial charge in [0.1, 0.15) is 12.2 Å². The zero-order valence-corrected chi connectivity index (χ0v) is 21.3. The van der Waals surface area contributed by atoms with E-state index in [1.54, 1.807) is 6.33 Å². The van der Waals surface area contributed by atoms with Crippen LogP contribution in [-0.2, 0) is 13.0 Å². The van der Waals surface area contributed by atoms with Gasteiger partial charge in [-0.25, -0.2) is 0 Å². The van der Waals surface area contributed by atoms with Crippen molar-refractivity contribution in [1.82, 2.24) is 25.4 Å². The second-order valence-corrected chi connectivity index (χ2v) is 7.74. The highest BCUT2D eigenvalue weighted by Crippen LogP contribution is 2.10. The molecular weight excluding hydrogens is 489 g/mol. The van der Waals surface area contributed by atoms with Crippen LogP contribution in [0.1, 0.15) is 39.9 Å². The molecule has 30 heavy (non-hydrogen) atoms. The molecule has 1 unspecified atom stereocenters. The lowest BCUT2D eigenvalue weighted by molar-refractivity contribution is 0.479. The molecule has 168 valence electrons. The van der Waals surface area contributed by atoms with Crippen LogP contribution in [0.25, 0.3) is 0 Å². The standard InChI is InChI=1S/C22H37N7.HI/c1-6-21-27-25-17-29(21)16-14-24-22(26-19(4)18(2)3)23-13-10-15-28(5)20-11-8-7-9-12-20;/h7-9,11-12,17-19H,6,10,13-16H2,1-5H3,(H2,23,24,26);1H. The zero-order chi connectivity index (χ0) is 21.1. The van der Waals surface area contributed by atoms with Crippen LogP contribution in [0.3, 0.4) is 0 Å². The minimum absolute atomic E-state index is 0. The number of anilines is 1. The maximum absolute atomic E-state index is 4.80. The van der Waals surface area contributed by atoms with Gasteiger partial charge in [-0.3, -0.25) is 4.99 Å². The van der Waals surface area contributed by atoms with Crippen molar-refractivity contribution in [3.63, 3.8) is 0 Å². The molecule has 1 atom stereocenters. The second kappa shape index (κ2) is 14.2. The third-order valence-corrected chi connectivity index (χ3v) is 5.14. The van der Waals surface area contributed by atoms with Gasteiger partial charge in [-0.05, 0) is 31.4 Å². The fraction of sp³-hybridized carbons (Fsp3) is 0.591. The highest BCUT2D eigenvalue weighted by molar-refractivity contribution is 14.0. The normalized spacial score (nSPS) is 12.4. The van der Waals surface area contributed by atoms with Gasteiger partial charge in [0, 0.05) is 51.4 Å². The summed E-state index contributed by atoms with van der Waals surface area (Å²) in [5, 5.41) is 15.1. The second-order valence-electron chi connectivity index (χ2n) is 7.74. The summed E-state index contributed by atoms with van der Waals surface area (Å²) >= 11 is 0. The predicted molar refractivity (Wildman–Crippen MR) is 137 cm³/mol. The van der Waals surface area contributed by atoms with Crippen LogP contribution in [-0.4, -0.2) is 53.4 Å². The highest BCUT2D eigenvalue weighted by Gasteiger charge is 2.10.